The highest BCUT2D eigenvalue weighted by molar-refractivity contribution is 7.09. The molecule has 2 aromatic heterocycles. The zero-order valence-corrected chi connectivity index (χ0v) is 12.5. The second kappa shape index (κ2) is 6.17. The Bertz CT molecular complexity index is 489. The molecule has 102 valence electrons. The van der Waals surface area contributed by atoms with Gasteiger partial charge in [0.2, 0.25) is 0 Å². The lowest BCUT2D eigenvalue weighted by Crippen LogP contribution is -2.29. The number of hydrogen-bond donors (Lipinski definition) is 1. The minimum absolute atomic E-state index is 0.0150. The van der Waals surface area contributed by atoms with Gasteiger partial charge in [-0.3, -0.25) is 4.98 Å². The summed E-state index contributed by atoms with van der Waals surface area (Å²) >= 11 is 1.79. The number of nitrogens with two attached hydrogens (primary N) is 1. The van der Waals surface area contributed by atoms with Crippen molar-refractivity contribution in [3.8, 4) is 0 Å². The summed E-state index contributed by atoms with van der Waals surface area (Å²) in [5, 5.41) is 2.12. The maximum absolute atomic E-state index is 5.83. The smallest absolute Gasteiger partial charge is 0.0569 e. The Morgan fingerprint density at radius 1 is 1.26 bits per heavy atom. The van der Waals surface area contributed by atoms with E-state index >= 15 is 0 Å². The van der Waals surface area contributed by atoms with Crippen LogP contribution in [0.4, 0.5) is 5.69 Å². The first-order valence-corrected chi connectivity index (χ1v) is 7.46. The monoisotopic (exact) mass is 275 g/mol. The highest BCUT2D eigenvalue weighted by Crippen LogP contribution is 2.22. The van der Waals surface area contributed by atoms with Crippen molar-refractivity contribution in [3.05, 3.63) is 46.4 Å². The van der Waals surface area contributed by atoms with Crippen LogP contribution in [0.25, 0.3) is 0 Å². The van der Waals surface area contributed by atoms with E-state index in [1.54, 1.807) is 11.3 Å². The molecule has 0 aliphatic rings. The van der Waals surface area contributed by atoms with Crippen molar-refractivity contribution in [2.75, 3.05) is 4.90 Å². The molecule has 2 N–H and O–H groups in total. The summed E-state index contributed by atoms with van der Waals surface area (Å²) in [5.41, 5.74) is 7.91. The first kappa shape index (κ1) is 14.0. The molecule has 0 bridgehead atoms. The van der Waals surface area contributed by atoms with E-state index in [4.69, 9.17) is 5.73 Å². The molecule has 0 fully saturated rings. The summed E-state index contributed by atoms with van der Waals surface area (Å²) in [4.78, 5) is 8.16. The molecule has 0 unspecified atom stereocenters. The molecule has 0 saturated carbocycles. The topological polar surface area (TPSA) is 42.1 Å². The van der Waals surface area contributed by atoms with Gasteiger partial charge >= 0.3 is 0 Å². The first-order chi connectivity index (χ1) is 9.08. The summed E-state index contributed by atoms with van der Waals surface area (Å²) in [6.07, 6.45) is 1.92. The maximum Gasteiger partial charge on any atom is 0.0569 e. The van der Waals surface area contributed by atoms with Gasteiger partial charge in [-0.2, -0.15) is 0 Å². The van der Waals surface area contributed by atoms with Crippen molar-refractivity contribution in [2.45, 2.75) is 39.4 Å². The molecule has 1 atom stereocenters. The maximum atomic E-state index is 5.83. The molecular weight excluding hydrogens is 254 g/mol. The quantitative estimate of drug-likeness (QED) is 0.907. The second-order valence-corrected chi connectivity index (χ2v) is 6.06. The van der Waals surface area contributed by atoms with Crippen molar-refractivity contribution in [1.29, 1.82) is 0 Å². The lowest BCUT2D eigenvalue weighted by Gasteiger charge is -2.28. The average molecular weight is 275 g/mol. The largest absolute Gasteiger partial charge is 0.363 e. The average Bonchev–Trinajstić information content (AvgIpc) is 2.88. The molecule has 0 aliphatic carbocycles. The predicted molar refractivity (Wildman–Crippen MR) is 82.5 cm³/mol. The highest BCUT2D eigenvalue weighted by atomic mass is 32.1. The van der Waals surface area contributed by atoms with Gasteiger partial charge in [0, 0.05) is 17.0 Å². The van der Waals surface area contributed by atoms with Crippen LogP contribution in [0.5, 0.6) is 0 Å². The van der Waals surface area contributed by atoms with Crippen molar-refractivity contribution >= 4 is 17.0 Å². The summed E-state index contributed by atoms with van der Waals surface area (Å²) in [6, 6.07) is 8.81. The standard InChI is InChI=1S/C15H21N3S/c1-11(2)18(10-14-5-4-8-19-14)13-6-7-15(12(3)16)17-9-13/h4-9,11-12H,10,16H2,1-3H3/t12-/m0/s1. The van der Waals surface area contributed by atoms with Crippen molar-refractivity contribution in [1.82, 2.24) is 4.98 Å². The molecule has 0 saturated heterocycles. The third-order valence-electron chi connectivity index (χ3n) is 3.10. The van der Waals surface area contributed by atoms with E-state index in [2.05, 4.69) is 47.3 Å². The van der Waals surface area contributed by atoms with Crippen LogP contribution in [0.1, 0.15) is 37.4 Å². The Hall–Kier alpha value is -1.39. The fourth-order valence-electron chi connectivity index (χ4n) is 1.98. The summed E-state index contributed by atoms with van der Waals surface area (Å²) < 4.78 is 0. The lowest BCUT2D eigenvalue weighted by molar-refractivity contribution is 0.683. The van der Waals surface area contributed by atoms with Gasteiger partial charge in [0.25, 0.3) is 0 Å². The van der Waals surface area contributed by atoms with Gasteiger partial charge in [-0.05, 0) is 44.4 Å². The number of nitrogens with zero attached hydrogens (tertiary/aromatic N) is 2. The van der Waals surface area contributed by atoms with Gasteiger partial charge in [0.05, 0.1) is 24.1 Å². The molecule has 4 heteroatoms. The van der Waals surface area contributed by atoms with E-state index in [0.717, 1.165) is 17.9 Å². The van der Waals surface area contributed by atoms with Gasteiger partial charge in [-0.15, -0.1) is 11.3 Å². The van der Waals surface area contributed by atoms with E-state index in [9.17, 15) is 0 Å². The summed E-state index contributed by atoms with van der Waals surface area (Å²) in [6.45, 7) is 7.28. The molecule has 0 radical (unpaired) electrons. The SMILES string of the molecule is CC(C)N(Cc1cccs1)c1ccc([C@H](C)N)nc1. The lowest BCUT2D eigenvalue weighted by atomic mass is 10.2. The normalized spacial score (nSPS) is 12.7. The van der Waals surface area contributed by atoms with Gasteiger partial charge in [-0.1, -0.05) is 6.07 Å². The van der Waals surface area contributed by atoms with Crippen LogP contribution in [0.3, 0.4) is 0 Å². The third kappa shape index (κ3) is 3.55. The minimum Gasteiger partial charge on any atom is -0.363 e. The summed E-state index contributed by atoms with van der Waals surface area (Å²) in [7, 11) is 0. The molecule has 3 nitrogen and oxygen atoms in total. The zero-order chi connectivity index (χ0) is 13.8. The minimum atomic E-state index is -0.0150. The fourth-order valence-corrected chi connectivity index (χ4v) is 2.68. The van der Waals surface area contributed by atoms with Crippen molar-refractivity contribution < 1.29 is 0 Å². The predicted octanol–water partition coefficient (Wildman–Crippen LogP) is 3.58. The third-order valence-corrected chi connectivity index (χ3v) is 3.96. The Kier molecular flexibility index (Phi) is 4.56. The molecule has 0 aromatic carbocycles. The van der Waals surface area contributed by atoms with Crippen LogP contribution in [0, 0.1) is 0 Å². The molecule has 0 aliphatic heterocycles. The van der Waals surface area contributed by atoms with Crippen LogP contribution >= 0.6 is 11.3 Å². The second-order valence-electron chi connectivity index (χ2n) is 5.03. The number of rotatable bonds is 5. The van der Waals surface area contributed by atoms with Gasteiger partial charge in [0.1, 0.15) is 0 Å². The zero-order valence-electron chi connectivity index (χ0n) is 11.7. The van der Waals surface area contributed by atoms with Crippen LogP contribution in [0.2, 0.25) is 0 Å². The van der Waals surface area contributed by atoms with E-state index in [-0.39, 0.29) is 6.04 Å². The van der Waals surface area contributed by atoms with E-state index in [0.29, 0.717) is 6.04 Å². The molecule has 0 spiro atoms. The van der Waals surface area contributed by atoms with Crippen LogP contribution < -0.4 is 10.6 Å². The fraction of sp³-hybridized carbons (Fsp3) is 0.400. The van der Waals surface area contributed by atoms with E-state index in [1.807, 2.05) is 19.2 Å². The molecule has 19 heavy (non-hydrogen) atoms. The van der Waals surface area contributed by atoms with Crippen molar-refractivity contribution in [2.24, 2.45) is 5.73 Å². The molecule has 2 aromatic rings. The van der Waals surface area contributed by atoms with E-state index < -0.39 is 0 Å². The highest BCUT2D eigenvalue weighted by Gasteiger charge is 2.12. The van der Waals surface area contributed by atoms with Gasteiger partial charge in [-0.25, -0.2) is 0 Å². The first-order valence-electron chi connectivity index (χ1n) is 6.58. The molecule has 2 rings (SSSR count). The van der Waals surface area contributed by atoms with Crippen LogP contribution in [-0.4, -0.2) is 11.0 Å². The number of thiophene rings is 1. The Morgan fingerprint density at radius 3 is 2.53 bits per heavy atom. The van der Waals surface area contributed by atoms with Gasteiger partial charge < -0.3 is 10.6 Å². The Labute approximate surface area is 119 Å². The number of aromatic nitrogens is 1. The molecular formula is C15H21N3S. The summed E-state index contributed by atoms with van der Waals surface area (Å²) in [5.74, 6) is 0. The Morgan fingerprint density at radius 2 is 2.05 bits per heavy atom. The molecule has 2 heterocycles. The van der Waals surface area contributed by atoms with Crippen LogP contribution in [-0.2, 0) is 6.54 Å². The molecule has 0 amide bonds. The van der Waals surface area contributed by atoms with Crippen molar-refractivity contribution in [3.63, 3.8) is 0 Å². The van der Waals surface area contributed by atoms with E-state index in [1.165, 1.54) is 4.88 Å². The number of pyridine rings is 1. The number of anilines is 1. The Balaban J connectivity index is 2.19. The van der Waals surface area contributed by atoms with Gasteiger partial charge in [0.15, 0.2) is 0 Å². The number of hydrogen-bond acceptors (Lipinski definition) is 4. The van der Waals surface area contributed by atoms with Crippen LogP contribution in [0.15, 0.2) is 35.8 Å².